The summed E-state index contributed by atoms with van der Waals surface area (Å²) in [6.45, 7) is 3.36. The molecule has 5 nitrogen and oxygen atoms in total. The number of alkyl halides is 3. The van der Waals surface area contributed by atoms with E-state index < -0.39 is 11.7 Å². The number of anilines is 2. The van der Waals surface area contributed by atoms with Crippen molar-refractivity contribution in [2.75, 3.05) is 36.8 Å². The van der Waals surface area contributed by atoms with Gasteiger partial charge in [-0.2, -0.15) is 13.2 Å². The highest BCUT2D eigenvalue weighted by Gasteiger charge is 2.31. The molecule has 2 aromatic rings. The molecule has 0 spiro atoms. The fraction of sp³-hybridized carbons (Fsp3) is 0.375. The van der Waals surface area contributed by atoms with E-state index in [0.29, 0.717) is 37.0 Å². The minimum absolute atomic E-state index is 0.433. The molecule has 2 N–H and O–H groups in total. The molecule has 0 atom stereocenters. The van der Waals surface area contributed by atoms with Crippen molar-refractivity contribution in [2.45, 2.75) is 12.7 Å². The number of nitrogen functional groups attached to an aromatic ring is 1. The fourth-order valence-electron chi connectivity index (χ4n) is 2.73. The van der Waals surface area contributed by atoms with Crippen LogP contribution in [0.4, 0.5) is 24.7 Å². The zero-order valence-electron chi connectivity index (χ0n) is 13.0. The summed E-state index contributed by atoms with van der Waals surface area (Å²) in [7, 11) is 0. The number of nitrogens with two attached hydrogens (primary N) is 1. The highest BCUT2D eigenvalue weighted by molar-refractivity contribution is 5.49. The van der Waals surface area contributed by atoms with Crippen molar-refractivity contribution in [1.29, 1.82) is 0 Å². The average Bonchev–Trinajstić information content (AvgIpc) is 2.55. The lowest BCUT2D eigenvalue weighted by Gasteiger charge is -2.36. The number of rotatable bonds is 3. The van der Waals surface area contributed by atoms with Gasteiger partial charge in [0.05, 0.1) is 12.1 Å². The molecule has 24 heavy (non-hydrogen) atoms. The standard InChI is InChI=1S/C16H18F3N5/c17-16(18,19)12-2-1-3-13(10-12)24-8-6-23(7-9-24)11-15-21-5-4-14(20)22-15/h1-5,10H,6-9,11H2,(H2,20,21,22). The molecule has 128 valence electrons. The number of benzene rings is 1. The maximum atomic E-state index is 12.8. The zero-order valence-corrected chi connectivity index (χ0v) is 13.0. The fourth-order valence-corrected chi connectivity index (χ4v) is 2.73. The third-order valence-electron chi connectivity index (χ3n) is 4.00. The molecule has 2 heterocycles. The van der Waals surface area contributed by atoms with E-state index >= 15 is 0 Å². The SMILES string of the molecule is Nc1ccnc(CN2CCN(c3cccc(C(F)(F)F)c3)CC2)n1. The van der Waals surface area contributed by atoms with Crippen molar-refractivity contribution in [3.63, 3.8) is 0 Å². The summed E-state index contributed by atoms with van der Waals surface area (Å²) in [4.78, 5) is 12.5. The molecule has 0 bridgehead atoms. The van der Waals surface area contributed by atoms with Gasteiger partial charge in [-0.05, 0) is 24.3 Å². The van der Waals surface area contributed by atoms with E-state index in [0.717, 1.165) is 19.2 Å². The monoisotopic (exact) mass is 337 g/mol. The Hall–Kier alpha value is -2.35. The van der Waals surface area contributed by atoms with Gasteiger partial charge in [0.2, 0.25) is 0 Å². The van der Waals surface area contributed by atoms with Crippen molar-refractivity contribution in [1.82, 2.24) is 14.9 Å². The largest absolute Gasteiger partial charge is 0.416 e. The molecule has 1 saturated heterocycles. The zero-order chi connectivity index (χ0) is 17.2. The van der Waals surface area contributed by atoms with Gasteiger partial charge in [0.15, 0.2) is 0 Å². The molecule has 1 aliphatic rings. The minimum Gasteiger partial charge on any atom is -0.384 e. The van der Waals surface area contributed by atoms with Crippen LogP contribution in [-0.2, 0) is 12.7 Å². The first-order chi connectivity index (χ1) is 11.4. The Morgan fingerprint density at radius 3 is 2.50 bits per heavy atom. The first-order valence-corrected chi connectivity index (χ1v) is 7.64. The van der Waals surface area contributed by atoms with Crippen LogP contribution in [0.1, 0.15) is 11.4 Å². The van der Waals surface area contributed by atoms with Gasteiger partial charge < -0.3 is 10.6 Å². The van der Waals surface area contributed by atoms with Crippen LogP contribution in [0.2, 0.25) is 0 Å². The lowest BCUT2D eigenvalue weighted by atomic mass is 10.1. The quantitative estimate of drug-likeness (QED) is 0.932. The van der Waals surface area contributed by atoms with E-state index in [4.69, 9.17) is 5.73 Å². The van der Waals surface area contributed by atoms with Crippen LogP contribution in [0.5, 0.6) is 0 Å². The maximum Gasteiger partial charge on any atom is 0.416 e. The van der Waals surface area contributed by atoms with Crippen molar-refractivity contribution in [2.24, 2.45) is 0 Å². The third-order valence-corrected chi connectivity index (χ3v) is 4.00. The Balaban J connectivity index is 1.61. The first kappa shape index (κ1) is 16.5. The van der Waals surface area contributed by atoms with Crippen LogP contribution in [0, 0.1) is 0 Å². The van der Waals surface area contributed by atoms with Gasteiger partial charge in [-0.25, -0.2) is 9.97 Å². The van der Waals surface area contributed by atoms with Crippen molar-refractivity contribution < 1.29 is 13.2 Å². The Labute approximate surface area is 137 Å². The van der Waals surface area contributed by atoms with Gasteiger partial charge >= 0.3 is 6.18 Å². The predicted octanol–water partition coefficient (Wildman–Crippen LogP) is 2.40. The van der Waals surface area contributed by atoms with E-state index in [-0.39, 0.29) is 0 Å². The summed E-state index contributed by atoms with van der Waals surface area (Å²) in [6, 6.07) is 7.10. The van der Waals surface area contributed by atoms with Crippen LogP contribution in [0.25, 0.3) is 0 Å². The number of halogens is 3. The summed E-state index contributed by atoms with van der Waals surface area (Å²) in [5.74, 6) is 1.09. The summed E-state index contributed by atoms with van der Waals surface area (Å²) >= 11 is 0. The highest BCUT2D eigenvalue weighted by Crippen LogP contribution is 2.31. The highest BCUT2D eigenvalue weighted by atomic mass is 19.4. The third kappa shape index (κ3) is 3.94. The molecule has 0 aliphatic carbocycles. The Morgan fingerprint density at radius 2 is 1.83 bits per heavy atom. The molecule has 1 fully saturated rings. The van der Waals surface area contributed by atoms with Gasteiger partial charge in [0.1, 0.15) is 11.6 Å². The molecule has 0 unspecified atom stereocenters. The van der Waals surface area contributed by atoms with E-state index in [1.165, 1.54) is 12.1 Å². The van der Waals surface area contributed by atoms with Crippen molar-refractivity contribution in [3.05, 3.63) is 47.9 Å². The van der Waals surface area contributed by atoms with Gasteiger partial charge in [-0.15, -0.1) is 0 Å². The van der Waals surface area contributed by atoms with E-state index in [2.05, 4.69) is 14.9 Å². The number of piperazine rings is 1. The molecular formula is C16H18F3N5. The van der Waals surface area contributed by atoms with Gasteiger partial charge in [-0.3, -0.25) is 4.90 Å². The van der Waals surface area contributed by atoms with Crippen LogP contribution in [0.3, 0.4) is 0 Å². The smallest absolute Gasteiger partial charge is 0.384 e. The lowest BCUT2D eigenvalue weighted by molar-refractivity contribution is -0.137. The van der Waals surface area contributed by atoms with Gasteiger partial charge in [0, 0.05) is 38.1 Å². The molecule has 1 aromatic carbocycles. The number of hydrogen-bond donors (Lipinski definition) is 1. The number of hydrogen-bond acceptors (Lipinski definition) is 5. The Morgan fingerprint density at radius 1 is 1.08 bits per heavy atom. The molecule has 1 aliphatic heterocycles. The number of nitrogens with zero attached hydrogens (tertiary/aromatic N) is 4. The molecule has 1 aromatic heterocycles. The number of aromatic nitrogens is 2. The van der Waals surface area contributed by atoms with E-state index in [9.17, 15) is 13.2 Å². The minimum atomic E-state index is -4.32. The summed E-state index contributed by atoms with van der Waals surface area (Å²) in [5.41, 5.74) is 5.63. The van der Waals surface area contributed by atoms with Gasteiger partial charge in [0.25, 0.3) is 0 Å². The summed E-state index contributed by atoms with van der Waals surface area (Å²) in [6.07, 6.45) is -2.70. The van der Waals surface area contributed by atoms with Gasteiger partial charge in [-0.1, -0.05) is 6.07 Å². The lowest BCUT2D eigenvalue weighted by Crippen LogP contribution is -2.46. The maximum absolute atomic E-state index is 12.8. The molecule has 8 heteroatoms. The summed E-state index contributed by atoms with van der Waals surface area (Å²) < 4.78 is 38.5. The Kier molecular flexibility index (Phi) is 4.57. The van der Waals surface area contributed by atoms with Crippen LogP contribution < -0.4 is 10.6 Å². The van der Waals surface area contributed by atoms with Crippen LogP contribution in [0.15, 0.2) is 36.5 Å². The molecule has 0 radical (unpaired) electrons. The second-order valence-corrected chi connectivity index (χ2v) is 5.71. The molecular weight excluding hydrogens is 319 g/mol. The topological polar surface area (TPSA) is 58.3 Å². The first-order valence-electron chi connectivity index (χ1n) is 7.64. The molecule has 3 rings (SSSR count). The van der Waals surface area contributed by atoms with Crippen LogP contribution in [-0.4, -0.2) is 41.0 Å². The van der Waals surface area contributed by atoms with E-state index in [1.54, 1.807) is 18.3 Å². The summed E-state index contributed by atoms with van der Waals surface area (Å²) in [5, 5.41) is 0. The molecule has 0 amide bonds. The van der Waals surface area contributed by atoms with E-state index in [1.807, 2.05) is 4.90 Å². The second-order valence-electron chi connectivity index (χ2n) is 5.71. The van der Waals surface area contributed by atoms with Crippen molar-refractivity contribution >= 4 is 11.5 Å². The van der Waals surface area contributed by atoms with Crippen molar-refractivity contribution in [3.8, 4) is 0 Å². The normalized spacial score (nSPS) is 16.4. The average molecular weight is 337 g/mol. The molecule has 0 saturated carbocycles. The van der Waals surface area contributed by atoms with Crippen LogP contribution >= 0.6 is 0 Å². The predicted molar refractivity (Wildman–Crippen MR) is 85.4 cm³/mol. The Bertz CT molecular complexity index is 696. The second kappa shape index (κ2) is 6.64.